The Morgan fingerprint density at radius 3 is 2.43 bits per heavy atom. The fourth-order valence-electron chi connectivity index (χ4n) is 1.19. The average Bonchev–Trinajstić information content (AvgIpc) is 2.28. The fourth-order valence-corrected chi connectivity index (χ4v) is 1.19. The third-order valence-electron chi connectivity index (χ3n) is 2.16. The topological polar surface area (TPSA) is 46.6 Å². The normalized spacial score (nSPS) is 24.0. The van der Waals surface area contributed by atoms with Crippen LogP contribution in [0.2, 0.25) is 0 Å². The Labute approximate surface area is 84.2 Å². The van der Waals surface area contributed by atoms with Crippen molar-refractivity contribution in [1.29, 1.82) is 0 Å². The molecule has 1 rings (SSSR count). The Hall–Kier alpha value is -0.900. The van der Waals surface area contributed by atoms with Crippen LogP contribution in [0.5, 0.6) is 0 Å². The van der Waals surface area contributed by atoms with Crippen LogP contribution < -0.4 is 0 Å². The summed E-state index contributed by atoms with van der Waals surface area (Å²) in [4.78, 5) is 27.7. The first-order chi connectivity index (χ1) is 6.30. The maximum Gasteiger partial charge on any atom is 0.330 e. The number of hydrogen-bond acceptors (Lipinski definition) is 4. The van der Waals surface area contributed by atoms with Crippen LogP contribution in [0.25, 0.3) is 0 Å². The van der Waals surface area contributed by atoms with Crippen molar-refractivity contribution >= 4 is 11.8 Å². The number of Topliss-reactive ketones (excluding diaryl/α,β-unsaturated/α-hetero) is 1. The minimum Gasteiger partial charge on any atom is -0.367 e. The van der Waals surface area contributed by atoms with Gasteiger partial charge in [0, 0.05) is 6.42 Å². The highest BCUT2D eigenvalue weighted by Crippen LogP contribution is 2.20. The molecule has 0 aliphatic carbocycles. The first-order valence-corrected chi connectivity index (χ1v) is 4.81. The van der Waals surface area contributed by atoms with Gasteiger partial charge in [-0.2, -0.15) is 0 Å². The van der Waals surface area contributed by atoms with E-state index >= 15 is 0 Å². The molecule has 0 saturated carbocycles. The second kappa shape index (κ2) is 3.69. The van der Waals surface area contributed by atoms with Crippen LogP contribution in [0.1, 0.15) is 34.1 Å². The molecule has 1 aliphatic rings. The van der Waals surface area contributed by atoms with Gasteiger partial charge < -0.3 is 4.84 Å². The Morgan fingerprint density at radius 2 is 2.07 bits per heavy atom. The second-order valence-corrected chi connectivity index (χ2v) is 4.80. The van der Waals surface area contributed by atoms with Gasteiger partial charge in [0.1, 0.15) is 0 Å². The lowest BCUT2D eigenvalue weighted by Crippen LogP contribution is -2.35. The fraction of sp³-hybridized carbons (Fsp3) is 0.800. The maximum atomic E-state index is 11.5. The highest BCUT2D eigenvalue weighted by molar-refractivity contribution is 5.83. The van der Waals surface area contributed by atoms with Crippen LogP contribution in [0.4, 0.5) is 0 Å². The molecule has 0 bridgehead atoms. The van der Waals surface area contributed by atoms with E-state index in [0.717, 1.165) is 0 Å². The Morgan fingerprint density at radius 1 is 1.50 bits per heavy atom. The number of rotatable bonds is 1. The van der Waals surface area contributed by atoms with Gasteiger partial charge in [-0.3, -0.25) is 4.79 Å². The first kappa shape index (κ1) is 11.2. The van der Waals surface area contributed by atoms with Crippen molar-refractivity contribution in [2.75, 3.05) is 6.54 Å². The predicted octanol–water partition coefficient (Wildman–Crippen LogP) is 1.15. The molecule has 4 heteroatoms. The van der Waals surface area contributed by atoms with Crippen molar-refractivity contribution < 1.29 is 14.4 Å². The van der Waals surface area contributed by atoms with Gasteiger partial charge in [0.2, 0.25) is 0 Å². The third-order valence-corrected chi connectivity index (χ3v) is 2.16. The predicted molar refractivity (Wildman–Crippen MR) is 51.3 cm³/mol. The lowest BCUT2D eigenvalue weighted by atomic mass is 9.98. The molecule has 0 aromatic carbocycles. The summed E-state index contributed by atoms with van der Waals surface area (Å²) in [6.45, 7) is 7.47. The number of hydroxylamine groups is 2. The number of carbonyl (C=O) groups is 2. The minimum atomic E-state index is -0.522. The summed E-state index contributed by atoms with van der Waals surface area (Å²) in [7, 11) is 0. The molecule has 1 unspecified atom stereocenters. The largest absolute Gasteiger partial charge is 0.367 e. The van der Waals surface area contributed by atoms with E-state index in [1.807, 2.05) is 6.92 Å². The van der Waals surface area contributed by atoms with E-state index in [0.29, 0.717) is 6.42 Å². The lowest BCUT2D eigenvalue weighted by Gasteiger charge is -2.23. The van der Waals surface area contributed by atoms with Gasteiger partial charge in [0.05, 0.1) is 18.0 Å². The van der Waals surface area contributed by atoms with E-state index in [1.54, 1.807) is 20.8 Å². The van der Waals surface area contributed by atoms with Crippen molar-refractivity contribution in [3.8, 4) is 0 Å². The molecule has 1 fully saturated rings. The highest BCUT2D eigenvalue weighted by atomic mass is 16.7. The summed E-state index contributed by atoms with van der Waals surface area (Å²) in [5.41, 5.74) is -0.522. The molecule has 0 aromatic heterocycles. The van der Waals surface area contributed by atoms with E-state index in [1.165, 1.54) is 5.06 Å². The standard InChI is InChI=1S/C10H17NO3/c1-7-5-8(12)6-11(7)14-9(13)10(2,3)4/h7H,5-6H2,1-4H3. The van der Waals surface area contributed by atoms with Crippen LogP contribution in [-0.2, 0) is 14.4 Å². The summed E-state index contributed by atoms with van der Waals surface area (Å²) in [6.07, 6.45) is 0.470. The monoisotopic (exact) mass is 199 g/mol. The average molecular weight is 199 g/mol. The summed E-state index contributed by atoms with van der Waals surface area (Å²) in [5.74, 6) is -0.168. The van der Waals surface area contributed by atoms with Crippen LogP contribution >= 0.6 is 0 Å². The van der Waals surface area contributed by atoms with Crippen molar-refractivity contribution in [3.05, 3.63) is 0 Å². The molecule has 0 N–H and O–H groups in total. The zero-order valence-electron chi connectivity index (χ0n) is 9.16. The molecule has 80 valence electrons. The van der Waals surface area contributed by atoms with Crippen LogP contribution in [-0.4, -0.2) is 29.4 Å². The molecule has 0 radical (unpaired) electrons. The second-order valence-electron chi connectivity index (χ2n) is 4.80. The van der Waals surface area contributed by atoms with E-state index in [-0.39, 0.29) is 24.3 Å². The van der Waals surface area contributed by atoms with Gasteiger partial charge in [0.15, 0.2) is 5.78 Å². The van der Waals surface area contributed by atoms with Crippen LogP contribution in [0, 0.1) is 5.41 Å². The maximum absolute atomic E-state index is 11.5. The number of carbonyl (C=O) groups excluding carboxylic acids is 2. The van der Waals surface area contributed by atoms with E-state index in [4.69, 9.17) is 4.84 Å². The van der Waals surface area contributed by atoms with Gasteiger partial charge in [-0.05, 0) is 27.7 Å². The van der Waals surface area contributed by atoms with Crippen molar-refractivity contribution in [1.82, 2.24) is 5.06 Å². The van der Waals surface area contributed by atoms with Gasteiger partial charge in [-0.25, -0.2) is 4.79 Å². The Kier molecular flexibility index (Phi) is 2.95. The van der Waals surface area contributed by atoms with Crippen molar-refractivity contribution in [2.24, 2.45) is 5.41 Å². The molecule has 0 spiro atoms. The van der Waals surface area contributed by atoms with Crippen LogP contribution in [0.15, 0.2) is 0 Å². The zero-order valence-corrected chi connectivity index (χ0v) is 9.16. The molecular formula is C10H17NO3. The Bertz CT molecular complexity index is 255. The number of hydrogen-bond donors (Lipinski definition) is 0. The molecule has 0 amide bonds. The molecule has 1 aliphatic heterocycles. The molecule has 1 saturated heterocycles. The molecule has 1 heterocycles. The van der Waals surface area contributed by atoms with Crippen molar-refractivity contribution in [2.45, 2.75) is 40.2 Å². The zero-order chi connectivity index (χ0) is 10.9. The summed E-state index contributed by atoms with van der Waals surface area (Å²) in [5, 5.41) is 1.47. The SMILES string of the molecule is CC1CC(=O)CN1OC(=O)C(C)(C)C. The first-order valence-electron chi connectivity index (χ1n) is 4.81. The van der Waals surface area contributed by atoms with Crippen molar-refractivity contribution in [3.63, 3.8) is 0 Å². The minimum absolute atomic E-state index is 0.00815. The number of nitrogens with zero attached hydrogens (tertiary/aromatic N) is 1. The number of ketones is 1. The summed E-state index contributed by atoms with van der Waals surface area (Å²) in [6, 6.07) is 0.00815. The Balaban J connectivity index is 2.53. The van der Waals surface area contributed by atoms with E-state index in [9.17, 15) is 9.59 Å². The smallest absolute Gasteiger partial charge is 0.330 e. The summed E-state index contributed by atoms with van der Waals surface area (Å²) < 4.78 is 0. The molecule has 0 aromatic rings. The van der Waals surface area contributed by atoms with Gasteiger partial charge in [-0.1, -0.05) is 0 Å². The van der Waals surface area contributed by atoms with E-state index < -0.39 is 5.41 Å². The molecule has 1 atom stereocenters. The quantitative estimate of drug-likeness (QED) is 0.635. The molecular weight excluding hydrogens is 182 g/mol. The van der Waals surface area contributed by atoms with E-state index in [2.05, 4.69) is 0 Å². The summed E-state index contributed by atoms with van der Waals surface area (Å²) >= 11 is 0. The molecule has 14 heavy (non-hydrogen) atoms. The highest BCUT2D eigenvalue weighted by Gasteiger charge is 2.33. The lowest BCUT2D eigenvalue weighted by molar-refractivity contribution is -0.202. The van der Waals surface area contributed by atoms with Gasteiger partial charge >= 0.3 is 5.97 Å². The van der Waals surface area contributed by atoms with Gasteiger partial charge in [-0.15, -0.1) is 5.06 Å². The van der Waals surface area contributed by atoms with Crippen LogP contribution in [0.3, 0.4) is 0 Å². The third kappa shape index (κ3) is 2.54. The molecule has 4 nitrogen and oxygen atoms in total. The van der Waals surface area contributed by atoms with Gasteiger partial charge in [0.25, 0.3) is 0 Å².